The van der Waals surface area contributed by atoms with Crippen molar-refractivity contribution >= 4 is 39.6 Å². The molecule has 14 nitrogen and oxygen atoms in total. The van der Waals surface area contributed by atoms with Crippen LogP contribution in [0.5, 0.6) is 0 Å². The molecule has 0 saturated heterocycles. The van der Waals surface area contributed by atoms with Gasteiger partial charge in [0, 0.05) is 37.3 Å². The van der Waals surface area contributed by atoms with Gasteiger partial charge in [0.05, 0.1) is 28.9 Å². The number of carboxylic acids is 3. The third-order valence-corrected chi connectivity index (χ3v) is 12.0. The Morgan fingerprint density at radius 2 is 1.36 bits per heavy atom. The SMILES string of the molecule is CCCC(CCC)S(=O)(=O)CC(CC(=O)O)C(=O)O[C@H](CNCc1cccc(CC)c1)[C@@H](N)Cc1cc(F)cc(F)c1.Cc1cc(C(=O)O)cc(C(=O)NCC(C)C)c1.O=C(O)C(F)(F)F. The molecule has 0 aromatic heterocycles. The van der Waals surface area contributed by atoms with Crippen molar-refractivity contribution in [2.24, 2.45) is 17.6 Å². The van der Waals surface area contributed by atoms with Crippen LogP contribution in [0.15, 0.2) is 60.7 Å². The van der Waals surface area contributed by atoms with E-state index in [1.807, 2.05) is 58.9 Å². The summed E-state index contributed by atoms with van der Waals surface area (Å²) in [5.41, 5.74) is 10.1. The van der Waals surface area contributed by atoms with E-state index in [1.165, 1.54) is 6.07 Å². The summed E-state index contributed by atoms with van der Waals surface area (Å²) < 4.78 is 91.5. The van der Waals surface area contributed by atoms with E-state index in [2.05, 4.69) is 10.6 Å². The fourth-order valence-electron chi connectivity index (χ4n) is 6.40. The number of ether oxygens (including phenoxy) is 1. The molecule has 3 aromatic rings. The topological polar surface area (TPSA) is 239 Å². The molecule has 0 fully saturated rings. The highest BCUT2D eigenvalue weighted by Crippen LogP contribution is 2.22. The number of carbonyl (C=O) groups is 5. The Morgan fingerprint density at radius 1 is 0.803 bits per heavy atom. The molecule has 368 valence electrons. The molecular weight excluding hydrogens is 898 g/mol. The molecule has 3 atom stereocenters. The lowest BCUT2D eigenvalue weighted by Gasteiger charge is -2.27. The van der Waals surface area contributed by atoms with E-state index < -0.39 is 87.0 Å². The smallest absolute Gasteiger partial charge is 0.481 e. The van der Waals surface area contributed by atoms with Crippen LogP contribution in [0, 0.1) is 30.4 Å². The summed E-state index contributed by atoms with van der Waals surface area (Å²) in [4.78, 5) is 56.5. The molecule has 3 rings (SSSR count). The van der Waals surface area contributed by atoms with Crippen molar-refractivity contribution in [1.82, 2.24) is 10.6 Å². The standard InChI is InChI=1S/C31H44F2N2O6S.C13H17NO3.C2HF3O2/c1-4-8-27(9-5-2)42(39,40)20-24(16-30(36)37)31(38)41-29(19-35-18-22-11-7-10-21(6-3)12-22)28(34)15-23-13-25(32)17-26(33)14-23;1-8(2)7-14-12(15)10-4-9(3)5-11(6-10)13(16)17;3-2(4,5)1(6)7/h7,10-14,17,24,27-29,35H,4-6,8-9,15-16,18-20,34H2,1-3H3,(H,36,37);4-6,8H,7H2,1-3H3,(H,14,15)(H,16,17);(H,6,7)/t24?,28-,29+;;/m0../s1. The minimum atomic E-state index is -5.08. The van der Waals surface area contributed by atoms with Gasteiger partial charge in [-0.25, -0.2) is 26.8 Å². The molecular formula is C46H62F5N3O11S. The number of nitrogens with one attached hydrogen (secondary N) is 2. The number of aliphatic carboxylic acids is 2. The fraction of sp³-hybridized carbons (Fsp3) is 0.500. The van der Waals surface area contributed by atoms with Gasteiger partial charge >= 0.3 is 30.1 Å². The number of nitrogens with two attached hydrogens (primary N) is 1. The zero-order chi connectivity index (χ0) is 50.4. The van der Waals surface area contributed by atoms with Crippen molar-refractivity contribution in [3.8, 4) is 0 Å². The lowest BCUT2D eigenvalue weighted by Crippen LogP contribution is -2.47. The third-order valence-electron chi connectivity index (χ3n) is 9.63. The van der Waals surface area contributed by atoms with Gasteiger partial charge in [0.1, 0.15) is 17.7 Å². The van der Waals surface area contributed by atoms with E-state index in [4.69, 9.17) is 25.5 Å². The summed E-state index contributed by atoms with van der Waals surface area (Å²) >= 11 is 0. The minimum Gasteiger partial charge on any atom is -0.481 e. The number of carboxylic acid groups (broad SMARTS) is 3. The number of sulfone groups is 1. The van der Waals surface area contributed by atoms with Gasteiger partial charge in [0.2, 0.25) is 0 Å². The number of amides is 1. The number of alkyl halides is 3. The van der Waals surface area contributed by atoms with Crippen LogP contribution in [0.3, 0.4) is 0 Å². The van der Waals surface area contributed by atoms with Gasteiger partial charge in [-0.15, -0.1) is 0 Å². The molecule has 0 aliphatic carbocycles. The molecule has 0 radical (unpaired) electrons. The van der Waals surface area contributed by atoms with Crippen LogP contribution in [-0.4, -0.2) is 95.9 Å². The van der Waals surface area contributed by atoms with E-state index in [9.17, 15) is 54.7 Å². The van der Waals surface area contributed by atoms with Crippen LogP contribution in [0.4, 0.5) is 22.0 Å². The van der Waals surface area contributed by atoms with Crippen molar-refractivity contribution < 1.29 is 74.4 Å². The predicted molar refractivity (Wildman–Crippen MR) is 238 cm³/mol. The molecule has 0 aliphatic heterocycles. The van der Waals surface area contributed by atoms with E-state index in [1.54, 1.807) is 19.1 Å². The number of rotatable bonds is 23. The number of hydrogen-bond acceptors (Lipinski definition) is 10. The molecule has 0 aliphatic rings. The monoisotopic (exact) mass is 959 g/mol. The van der Waals surface area contributed by atoms with Crippen LogP contribution in [0.2, 0.25) is 0 Å². The predicted octanol–water partition coefficient (Wildman–Crippen LogP) is 7.29. The second kappa shape index (κ2) is 28.5. The second-order valence-corrected chi connectivity index (χ2v) is 18.4. The summed E-state index contributed by atoms with van der Waals surface area (Å²) in [6.07, 6.45) is -3.97. The molecule has 0 spiro atoms. The quantitative estimate of drug-likeness (QED) is 0.0405. The molecule has 0 saturated carbocycles. The first kappa shape index (κ1) is 58.5. The van der Waals surface area contributed by atoms with E-state index in [0.29, 0.717) is 50.3 Å². The van der Waals surface area contributed by atoms with Crippen LogP contribution in [0.1, 0.15) is 110 Å². The Bertz CT molecular complexity index is 2150. The Labute approximate surface area is 382 Å². The summed E-state index contributed by atoms with van der Waals surface area (Å²) in [6, 6.07) is 14.6. The zero-order valence-electron chi connectivity index (χ0n) is 37.9. The maximum Gasteiger partial charge on any atom is 0.490 e. The number of halogens is 5. The molecule has 1 amide bonds. The first-order chi connectivity index (χ1) is 30.7. The van der Waals surface area contributed by atoms with Crippen LogP contribution < -0.4 is 16.4 Å². The highest BCUT2D eigenvalue weighted by atomic mass is 32.2. The van der Waals surface area contributed by atoms with Crippen LogP contribution in [-0.2, 0) is 48.3 Å². The summed E-state index contributed by atoms with van der Waals surface area (Å²) in [7, 11) is -3.80. The second-order valence-electron chi connectivity index (χ2n) is 16.0. The van der Waals surface area contributed by atoms with Crippen molar-refractivity contribution in [1.29, 1.82) is 0 Å². The lowest BCUT2D eigenvalue weighted by atomic mass is 10.0. The van der Waals surface area contributed by atoms with Gasteiger partial charge in [0.15, 0.2) is 9.84 Å². The summed E-state index contributed by atoms with van der Waals surface area (Å²) in [5.74, 6) is -9.62. The minimum absolute atomic E-state index is 0.0435. The van der Waals surface area contributed by atoms with E-state index in [-0.39, 0.29) is 30.0 Å². The van der Waals surface area contributed by atoms with Crippen molar-refractivity contribution in [2.75, 3.05) is 18.8 Å². The average Bonchev–Trinajstić information content (AvgIpc) is 3.21. The number of esters is 1. The molecule has 0 bridgehead atoms. The fourth-order valence-corrected chi connectivity index (χ4v) is 8.67. The summed E-state index contributed by atoms with van der Waals surface area (Å²) in [6.45, 7) is 12.6. The number of carbonyl (C=O) groups excluding carboxylic acids is 2. The van der Waals surface area contributed by atoms with Gasteiger partial charge < -0.3 is 36.4 Å². The molecule has 1 unspecified atom stereocenters. The summed E-state index contributed by atoms with van der Waals surface area (Å²) in [5, 5.41) is 30.8. The average molecular weight is 960 g/mol. The Morgan fingerprint density at radius 3 is 1.86 bits per heavy atom. The highest BCUT2D eigenvalue weighted by molar-refractivity contribution is 7.92. The zero-order valence-corrected chi connectivity index (χ0v) is 38.7. The molecule has 20 heteroatoms. The molecule has 66 heavy (non-hydrogen) atoms. The lowest BCUT2D eigenvalue weighted by molar-refractivity contribution is -0.192. The maximum absolute atomic E-state index is 13.8. The van der Waals surface area contributed by atoms with Gasteiger partial charge in [-0.2, -0.15) is 13.2 Å². The van der Waals surface area contributed by atoms with E-state index >= 15 is 0 Å². The van der Waals surface area contributed by atoms with Crippen molar-refractivity contribution in [3.63, 3.8) is 0 Å². The van der Waals surface area contributed by atoms with Crippen LogP contribution >= 0.6 is 0 Å². The van der Waals surface area contributed by atoms with Gasteiger partial charge in [0.25, 0.3) is 5.91 Å². The Balaban J connectivity index is 0.000000739. The maximum atomic E-state index is 13.8. The largest absolute Gasteiger partial charge is 0.490 e. The number of benzene rings is 3. The molecule has 7 N–H and O–H groups in total. The van der Waals surface area contributed by atoms with Crippen molar-refractivity contribution in [2.45, 2.75) is 117 Å². The van der Waals surface area contributed by atoms with Gasteiger partial charge in [-0.1, -0.05) is 71.7 Å². The van der Waals surface area contributed by atoms with Crippen LogP contribution in [0.25, 0.3) is 0 Å². The third kappa shape index (κ3) is 22.6. The first-order valence-corrected chi connectivity index (χ1v) is 23.0. The number of hydrogen-bond donors (Lipinski definition) is 6. The Kier molecular flexibility index (Phi) is 25.3. The molecule has 0 heterocycles. The molecule has 3 aromatic carbocycles. The Hall–Kier alpha value is -5.47. The van der Waals surface area contributed by atoms with Crippen molar-refractivity contribution in [3.05, 3.63) is 106 Å². The van der Waals surface area contributed by atoms with Gasteiger partial charge in [-0.3, -0.25) is 14.4 Å². The highest BCUT2D eigenvalue weighted by Gasteiger charge is 2.38. The van der Waals surface area contributed by atoms with E-state index in [0.717, 1.165) is 41.3 Å². The number of aromatic carboxylic acids is 1. The normalized spacial score (nSPS) is 12.8. The first-order valence-electron chi connectivity index (χ1n) is 21.3. The van der Waals surface area contributed by atoms with Gasteiger partial charge in [-0.05, 0) is 91.1 Å². The number of aryl methyl sites for hydroxylation is 2.